The standard InChI is InChI=1S/C16H22N2O2/c1-20-11-12-2-4-13(5-3-12)16(19)18-14-6-7-15(18)10-17-9-8-14/h2-5,14-15,17H,6-11H2,1H3. The van der Waals surface area contributed by atoms with Crippen LogP contribution < -0.4 is 5.32 Å². The van der Waals surface area contributed by atoms with Gasteiger partial charge in [0.2, 0.25) is 0 Å². The third-order valence-electron chi connectivity index (χ3n) is 4.40. The number of rotatable bonds is 3. The van der Waals surface area contributed by atoms with E-state index in [1.54, 1.807) is 7.11 Å². The number of benzene rings is 1. The Morgan fingerprint density at radius 3 is 2.75 bits per heavy atom. The quantitative estimate of drug-likeness (QED) is 0.914. The number of hydrogen-bond acceptors (Lipinski definition) is 3. The molecule has 2 heterocycles. The molecule has 1 aromatic rings. The summed E-state index contributed by atoms with van der Waals surface area (Å²) in [6, 6.07) is 8.60. The van der Waals surface area contributed by atoms with Crippen molar-refractivity contribution in [3.8, 4) is 0 Å². The lowest BCUT2D eigenvalue weighted by molar-refractivity contribution is 0.0680. The molecular weight excluding hydrogens is 252 g/mol. The normalized spacial score (nSPS) is 25.6. The Balaban J connectivity index is 1.77. The van der Waals surface area contributed by atoms with Gasteiger partial charge in [0.15, 0.2) is 0 Å². The molecule has 4 heteroatoms. The van der Waals surface area contributed by atoms with Gasteiger partial charge in [-0.25, -0.2) is 0 Å². The van der Waals surface area contributed by atoms with Crippen LogP contribution in [0.15, 0.2) is 24.3 Å². The van der Waals surface area contributed by atoms with E-state index in [4.69, 9.17) is 4.74 Å². The van der Waals surface area contributed by atoms with Crippen LogP contribution in [0.5, 0.6) is 0 Å². The van der Waals surface area contributed by atoms with Crippen LogP contribution in [-0.2, 0) is 11.3 Å². The topological polar surface area (TPSA) is 41.6 Å². The van der Waals surface area contributed by atoms with Crippen molar-refractivity contribution in [2.45, 2.75) is 38.0 Å². The number of ether oxygens (including phenoxy) is 1. The highest BCUT2D eigenvalue weighted by Crippen LogP contribution is 2.29. The number of carbonyl (C=O) groups is 1. The fourth-order valence-electron chi connectivity index (χ4n) is 3.37. The second-order valence-electron chi connectivity index (χ2n) is 5.72. The summed E-state index contributed by atoms with van der Waals surface area (Å²) < 4.78 is 5.10. The largest absolute Gasteiger partial charge is 0.380 e. The summed E-state index contributed by atoms with van der Waals surface area (Å²) in [5.74, 6) is 0.185. The predicted octanol–water partition coefficient (Wildman–Crippen LogP) is 1.80. The number of methoxy groups -OCH3 is 1. The van der Waals surface area contributed by atoms with Gasteiger partial charge >= 0.3 is 0 Å². The first-order valence-corrected chi connectivity index (χ1v) is 7.41. The van der Waals surface area contributed by atoms with Crippen LogP contribution in [0.25, 0.3) is 0 Å². The third-order valence-corrected chi connectivity index (χ3v) is 4.40. The molecule has 2 fully saturated rings. The van der Waals surface area contributed by atoms with Crippen molar-refractivity contribution >= 4 is 5.91 Å². The Bertz CT molecular complexity index is 458. The van der Waals surface area contributed by atoms with Crippen LogP contribution in [0.3, 0.4) is 0 Å². The van der Waals surface area contributed by atoms with E-state index < -0.39 is 0 Å². The van der Waals surface area contributed by atoms with Crippen LogP contribution in [0, 0.1) is 0 Å². The highest BCUT2D eigenvalue weighted by Gasteiger charge is 2.38. The molecule has 0 saturated carbocycles. The Kier molecular flexibility index (Phi) is 4.03. The molecule has 2 unspecified atom stereocenters. The molecule has 0 radical (unpaired) electrons. The van der Waals surface area contributed by atoms with Gasteiger partial charge in [0.05, 0.1) is 6.61 Å². The second kappa shape index (κ2) is 5.94. The number of amides is 1. The van der Waals surface area contributed by atoms with Crippen LogP contribution in [-0.4, -0.2) is 43.1 Å². The first-order chi connectivity index (χ1) is 9.79. The third kappa shape index (κ3) is 2.58. The zero-order valence-electron chi connectivity index (χ0n) is 12.0. The highest BCUT2D eigenvalue weighted by atomic mass is 16.5. The van der Waals surface area contributed by atoms with Gasteiger partial charge in [-0.05, 0) is 43.5 Å². The fourth-order valence-corrected chi connectivity index (χ4v) is 3.37. The lowest BCUT2D eigenvalue weighted by Gasteiger charge is -2.28. The first-order valence-electron chi connectivity index (χ1n) is 7.41. The van der Waals surface area contributed by atoms with Crippen LogP contribution in [0.1, 0.15) is 35.2 Å². The van der Waals surface area contributed by atoms with E-state index in [0.29, 0.717) is 18.7 Å². The lowest BCUT2D eigenvalue weighted by atomic mass is 10.1. The zero-order valence-corrected chi connectivity index (χ0v) is 12.0. The van der Waals surface area contributed by atoms with Crippen LogP contribution >= 0.6 is 0 Å². The second-order valence-corrected chi connectivity index (χ2v) is 5.72. The molecule has 108 valence electrons. The van der Waals surface area contributed by atoms with Crippen molar-refractivity contribution in [2.75, 3.05) is 20.2 Å². The van der Waals surface area contributed by atoms with Gasteiger partial charge in [-0.2, -0.15) is 0 Å². The van der Waals surface area contributed by atoms with E-state index in [2.05, 4.69) is 10.2 Å². The summed E-state index contributed by atoms with van der Waals surface area (Å²) >= 11 is 0. The van der Waals surface area contributed by atoms with Gasteiger partial charge in [-0.3, -0.25) is 4.79 Å². The summed E-state index contributed by atoms with van der Waals surface area (Å²) in [7, 11) is 1.68. The van der Waals surface area contributed by atoms with Gasteiger partial charge in [0.1, 0.15) is 0 Å². The van der Waals surface area contributed by atoms with E-state index in [1.165, 1.54) is 0 Å². The van der Waals surface area contributed by atoms with Crippen molar-refractivity contribution < 1.29 is 9.53 Å². The van der Waals surface area contributed by atoms with Crippen molar-refractivity contribution in [3.05, 3.63) is 35.4 Å². The number of hydrogen-bond donors (Lipinski definition) is 1. The summed E-state index contributed by atoms with van der Waals surface area (Å²) in [5, 5.41) is 3.43. The molecule has 2 saturated heterocycles. The van der Waals surface area contributed by atoms with Gasteiger partial charge in [0, 0.05) is 31.3 Å². The Hall–Kier alpha value is -1.39. The molecule has 1 amide bonds. The average molecular weight is 274 g/mol. The summed E-state index contributed by atoms with van der Waals surface area (Å²) in [5.41, 5.74) is 1.90. The summed E-state index contributed by atoms with van der Waals surface area (Å²) in [6.07, 6.45) is 3.36. The molecule has 2 aliphatic heterocycles. The fraction of sp³-hybridized carbons (Fsp3) is 0.562. The van der Waals surface area contributed by atoms with Crippen molar-refractivity contribution in [1.29, 1.82) is 0 Å². The summed E-state index contributed by atoms with van der Waals surface area (Å²) in [4.78, 5) is 14.9. The molecule has 3 rings (SSSR count). The van der Waals surface area contributed by atoms with E-state index in [0.717, 1.165) is 43.5 Å². The van der Waals surface area contributed by atoms with Crippen molar-refractivity contribution in [3.63, 3.8) is 0 Å². The smallest absolute Gasteiger partial charge is 0.254 e. The maximum atomic E-state index is 12.7. The molecule has 0 aromatic heterocycles. The SMILES string of the molecule is COCc1ccc(C(=O)N2C3CCNCC2CC3)cc1. The van der Waals surface area contributed by atoms with Crippen LogP contribution in [0.2, 0.25) is 0 Å². The minimum absolute atomic E-state index is 0.185. The molecule has 2 atom stereocenters. The van der Waals surface area contributed by atoms with E-state index in [1.807, 2.05) is 24.3 Å². The number of carbonyl (C=O) groups excluding carboxylic acids is 1. The number of nitrogens with one attached hydrogen (secondary N) is 1. The van der Waals surface area contributed by atoms with Crippen molar-refractivity contribution in [1.82, 2.24) is 10.2 Å². The predicted molar refractivity (Wildman–Crippen MR) is 77.6 cm³/mol. The molecular formula is C16H22N2O2. The monoisotopic (exact) mass is 274 g/mol. The van der Waals surface area contributed by atoms with Crippen LogP contribution in [0.4, 0.5) is 0 Å². The molecule has 2 aliphatic rings. The van der Waals surface area contributed by atoms with Crippen molar-refractivity contribution in [2.24, 2.45) is 0 Å². The molecule has 2 bridgehead atoms. The van der Waals surface area contributed by atoms with Gasteiger partial charge in [0.25, 0.3) is 5.91 Å². The minimum Gasteiger partial charge on any atom is -0.380 e. The van der Waals surface area contributed by atoms with E-state index in [-0.39, 0.29) is 5.91 Å². The average Bonchev–Trinajstić information content (AvgIpc) is 2.72. The Morgan fingerprint density at radius 1 is 1.25 bits per heavy atom. The van der Waals surface area contributed by atoms with Gasteiger partial charge < -0.3 is 15.0 Å². The minimum atomic E-state index is 0.185. The molecule has 20 heavy (non-hydrogen) atoms. The maximum absolute atomic E-state index is 12.7. The number of nitrogens with zero attached hydrogens (tertiary/aromatic N) is 1. The molecule has 0 aliphatic carbocycles. The molecule has 4 nitrogen and oxygen atoms in total. The lowest BCUT2D eigenvalue weighted by Crippen LogP contribution is -2.42. The summed E-state index contributed by atoms with van der Waals surface area (Å²) in [6.45, 7) is 2.55. The van der Waals surface area contributed by atoms with Gasteiger partial charge in [-0.1, -0.05) is 12.1 Å². The number of fused-ring (bicyclic) bond motifs is 2. The maximum Gasteiger partial charge on any atom is 0.254 e. The Labute approximate surface area is 120 Å². The Morgan fingerprint density at radius 2 is 2.00 bits per heavy atom. The zero-order chi connectivity index (χ0) is 13.9. The first kappa shape index (κ1) is 13.6. The molecule has 1 aromatic carbocycles. The molecule has 1 N–H and O–H groups in total. The molecule has 0 spiro atoms. The van der Waals surface area contributed by atoms with Gasteiger partial charge in [-0.15, -0.1) is 0 Å². The van der Waals surface area contributed by atoms with E-state index in [9.17, 15) is 4.79 Å². The van der Waals surface area contributed by atoms with E-state index >= 15 is 0 Å². The highest BCUT2D eigenvalue weighted by molar-refractivity contribution is 5.95.